The fourth-order valence-corrected chi connectivity index (χ4v) is 2.97. The van der Waals surface area contributed by atoms with Crippen LogP contribution in [0.5, 0.6) is 11.5 Å². The maximum Gasteiger partial charge on any atom is 0.410 e. The van der Waals surface area contributed by atoms with Crippen molar-refractivity contribution < 1.29 is 23.8 Å². The van der Waals surface area contributed by atoms with E-state index in [2.05, 4.69) is 0 Å². The summed E-state index contributed by atoms with van der Waals surface area (Å²) in [4.78, 5) is 28.0. The highest BCUT2D eigenvalue weighted by Crippen LogP contribution is 2.32. The normalized spacial score (nSPS) is 16.6. The summed E-state index contributed by atoms with van der Waals surface area (Å²) in [6.07, 6.45) is 0.776. The Morgan fingerprint density at radius 1 is 1.04 bits per heavy atom. The molecule has 0 spiro atoms. The Morgan fingerprint density at radius 2 is 1.69 bits per heavy atom. The molecule has 7 nitrogen and oxygen atoms in total. The lowest BCUT2D eigenvalue weighted by molar-refractivity contribution is -0.132. The molecule has 3 rings (SSSR count). The highest BCUT2D eigenvalue weighted by molar-refractivity contribution is 5.77. The largest absolute Gasteiger partial charge is 0.454 e. The molecular formula is C19H26N2O5. The first-order chi connectivity index (χ1) is 12.3. The average Bonchev–Trinajstić information content (AvgIpc) is 3.06. The predicted molar refractivity (Wildman–Crippen MR) is 95.3 cm³/mol. The molecule has 1 aromatic rings. The number of fused-ring (bicyclic) bond motifs is 1. The summed E-state index contributed by atoms with van der Waals surface area (Å²) >= 11 is 0. The van der Waals surface area contributed by atoms with Gasteiger partial charge in [0, 0.05) is 32.6 Å². The van der Waals surface area contributed by atoms with Gasteiger partial charge in [-0.25, -0.2) is 4.79 Å². The van der Waals surface area contributed by atoms with Crippen molar-refractivity contribution in [2.24, 2.45) is 0 Å². The summed E-state index contributed by atoms with van der Waals surface area (Å²) in [6.45, 7) is 7.88. The molecule has 0 aromatic heterocycles. The summed E-state index contributed by atoms with van der Waals surface area (Å²) in [5, 5.41) is 0. The summed E-state index contributed by atoms with van der Waals surface area (Å²) in [5.41, 5.74) is 0.546. The van der Waals surface area contributed by atoms with Gasteiger partial charge >= 0.3 is 6.09 Å². The van der Waals surface area contributed by atoms with Gasteiger partial charge in [-0.15, -0.1) is 0 Å². The Kier molecular flexibility index (Phi) is 5.25. The smallest absolute Gasteiger partial charge is 0.410 e. The molecule has 1 aromatic carbocycles. The molecule has 2 heterocycles. The second-order valence-corrected chi connectivity index (χ2v) is 7.54. The van der Waals surface area contributed by atoms with Crippen LogP contribution in [-0.2, 0) is 16.0 Å². The number of aryl methyl sites for hydroxylation is 1. The summed E-state index contributed by atoms with van der Waals surface area (Å²) in [5.74, 6) is 1.59. The summed E-state index contributed by atoms with van der Waals surface area (Å²) < 4.78 is 16.0. The molecular weight excluding hydrogens is 336 g/mol. The Balaban J connectivity index is 1.44. The van der Waals surface area contributed by atoms with Crippen LogP contribution in [0.3, 0.4) is 0 Å². The fourth-order valence-electron chi connectivity index (χ4n) is 2.97. The molecule has 7 heteroatoms. The first-order valence-corrected chi connectivity index (χ1v) is 8.96. The molecule has 2 aliphatic rings. The maximum absolute atomic E-state index is 12.4. The van der Waals surface area contributed by atoms with E-state index in [0.29, 0.717) is 39.0 Å². The van der Waals surface area contributed by atoms with Crippen molar-refractivity contribution >= 4 is 12.0 Å². The van der Waals surface area contributed by atoms with Crippen molar-refractivity contribution in [1.29, 1.82) is 0 Å². The lowest BCUT2D eigenvalue weighted by atomic mass is 10.1. The van der Waals surface area contributed by atoms with Gasteiger partial charge in [0.25, 0.3) is 0 Å². The highest BCUT2D eigenvalue weighted by Gasteiger charge is 2.27. The fraction of sp³-hybridized carbons (Fsp3) is 0.579. The number of amides is 2. The van der Waals surface area contributed by atoms with E-state index < -0.39 is 5.60 Å². The second-order valence-electron chi connectivity index (χ2n) is 7.54. The minimum atomic E-state index is -0.505. The third-order valence-electron chi connectivity index (χ3n) is 4.35. The Bertz CT molecular complexity index is 675. The topological polar surface area (TPSA) is 68.3 Å². The third-order valence-corrected chi connectivity index (χ3v) is 4.35. The van der Waals surface area contributed by atoms with E-state index in [4.69, 9.17) is 14.2 Å². The van der Waals surface area contributed by atoms with Crippen molar-refractivity contribution in [3.63, 3.8) is 0 Å². The van der Waals surface area contributed by atoms with Crippen molar-refractivity contribution in [1.82, 2.24) is 9.80 Å². The van der Waals surface area contributed by atoms with E-state index in [-0.39, 0.29) is 18.8 Å². The molecule has 1 saturated heterocycles. The molecule has 0 saturated carbocycles. The number of nitrogens with zero attached hydrogens (tertiary/aromatic N) is 2. The number of benzene rings is 1. The van der Waals surface area contributed by atoms with E-state index in [0.717, 1.165) is 17.1 Å². The average molecular weight is 362 g/mol. The van der Waals surface area contributed by atoms with Gasteiger partial charge in [0.15, 0.2) is 11.5 Å². The molecule has 142 valence electrons. The van der Waals surface area contributed by atoms with Crippen LogP contribution in [0, 0.1) is 0 Å². The SMILES string of the molecule is CC(C)(C)OC(=O)N1CCN(C(=O)CCc2ccc3c(c2)OCO3)CC1. The van der Waals surface area contributed by atoms with E-state index in [9.17, 15) is 9.59 Å². The van der Waals surface area contributed by atoms with Crippen LogP contribution in [0.1, 0.15) is 32.8 Å². The van der Waals surface area contributed by atoms with Crippen LogP contribution in [-0.4, -0.2) is 60.4 Å². The minimum absolute atomic E-state index is 0.103. The van der Waals surface area contributed by atoms with Crippen LogP contribution < -0.4 is 9.47 Å². The van der Waals surface area contributed by atoms with Crippen molar-refractivity contribution in [2.45, 2.75) is 39.2 Å². The second kappa shape index (κ2) is 7.43. The zero-order valence-corrected chi connectivity index (χ0v) is 15.6. The molecule has 0 N–H and O–H groups in total. The van der Waals surface area contributed by atoms with Crippen molar-refractivity contribution in [3.05, 3.63) is 23.8 Å². The van der Waals surface area contributed by atoms with Gasteiger partial charge in [0.1, 0.15) is 5.60 Å². The zero-order chi connectivity index (χ0) is 18.7. The molecule has 0 radical (unpaired) electrons. The number of hydrogen-bond acceptors (Lipinski definition) is 5. The van der Waals surface area contributed by atoms with E-state index >= 15 is 0 Å². The third kappa shape index (κ3) is 4.59. The van der Waals surface area contributed by atoms with Crippen LogP contribution in [0.25, 0.3) is 0 Å². The molecule has 0 unspecified atom stereocenters. The molecule has 0 atom stereocenters. The van der Waals surface area contributed by atoms with Gasteiger partial charge in [-0.1, -0.05) is 6.07 Å². The van der Waals surface area contributed by atoms with Gasteiger partial charge < -0.3 is 24.0 Å². The molecule has 26 heavy (non-hydrogen) atoms. The minimum Gasteiger partial charge on any atom is -0.454 e. The monoisotopic (exact) mass is 362 g/mol. The van der Waals surface area contributed by atoms with Gasteiger partial charge in [0.05, 0.1) is 0 Å². The maximum atomic E-state index is 12.4. The van der Waals surface area contributed by atoms with Crippen molar-refractivity contribution in [3.8, 4) is 11.5 Å². The van der Waals surface area contributed by atoms with Crippen LogP contribution >= 0.6 is 0 Å². The zero-order valence-electron chi connectivity index (χ0n) is 15.6. The number of carbonyl (C=O) groups excluding carboxylic acids is 2. The first-order valence-electron chi connectivity index (χ1n) is 8.96. The lowest BCUT2D eigenvalue weighted by Gasteiger charge is -2.35. The van der Waals surface area contributed by atoms with E-state index in [1.807, 2.05) is 43.9 Å². The van der Waals surface area contributed by atoms with E-state index in [1.165, 1.54) is 0 Å². The standard InChI is InChI=1S/C19H26N2O5/c1-19(2,3)26-18(23)21-10-8-20(9-11-21)17(22)7-5-14-4-6-15-16(12-14)25-13-24-15/h4,6,12H,5,7-11,13H2,1-3H3. The number of ether oxygens (including phenoxy) is 3. The van der Waals surface area contributed by atoms with E-state index in [1.54, 1.807) is 4.90 Å². The van der Waals surface area contributed by atoms with Crippen LogP contribution in [0.2, 0.25) is 0 Å². The van der Waals surface area contributed by atoms with Gasteiger partial charge in [-0.05, 0) is 44.9 Å². The summed E-state index contributed by atoms with van der Waals surface area (Å²) in [7, 11) is 0. The van der Waals surface area contributed by atoms with Gasteiger partial charge in [-0.2, -0.15) is 0 Å². The Morgan fingerprint density at radius 3 is 2.38 bits per heavy atom. The van der Waals surface area contributed by atoms with Crippen molar-refractivity contribution in [2.75, 3.05) is 33.0 Å². The first kappa shape index (κ1) is 18.4. The number of carbonyl (C=O) groups is 2. The van der Waals surface area contributed by atoms with Gasteiger partial charge in [-0.3, -0.25) is 4.79 Å². The molecule has 2 amide bonds. The molecule has 1 fully saturated rings. The number of rotatable bonds is 3. The lowest BCUT2D eigenvalue weighted by Crippen LogP contribution is -2.51. The number of piperazine rings is 1. The van der Waals surface area contributed by atoms with Crippen LogP contribution in [0.4, 0.5) is 4.79 Å². The molecule has 0 bridgehead atoms. The summed E-state index contributed by atoms with van der Waals surface area (Å²) in [6, 6.07) is 5.76. The highest BCUT2D eigenvalue weighted by atomic mass is 16.7. The molecule has 2 aliphatic heterocycles. The Labute approximate surface area is 153 Å². The predicted octanol–water partition coefficient (Wildman–Crippen LogP) is 2.43. The van der Waals surface area contributed by atoms with Crippen LogP contribution in [0.15, 0.2) is 18.2 Å². The quantitative estimate of drug-likeness (QED) is 0.826. The Hall–Kier alpha value is -2.44. The number of hydrogen-bond donors (Lipinski definition) is 0. The molecule has 0 aliphatic carbocycles. The van der Waals surface area contributed by atoms with Gasteiger partial charge in [0.2, 0.25) is 12.7 Å².